The zero-order valence-electron chi connectivity index (χ0n) is 18.2. The van der Waals surface area contributed by atoms with Crippen LogP contribution in [-0.4, -0.2) is 46.8 Å². The first-order chi connectivity index (χ1) is 13.2. The molecular weight excluding hydrogens is 340 g/mol. The summed E-state index contributed by atoms with van der Waals surface area (Å²) in [5.74, 6) is 0. The molecule has 0 aliphatic carbocycles. The smallest absolute Gasteiger partial charge is 0.103 e. The van der Waals surface area contributed by atoms with Gasteiger partial charge in [-0.2, -0.15) is 0 Å². The van der Waals surface area contributed by atoms with Crippen molar-refractivity contribution < 1.29 is 20.1 Å². The number of aliphatic hydroxyl groups is 3. The van der Waals surface area contributed by atoms with Gasteiger partial charge in [-0.3, -0.25) is 0 Å². The molecule has 0 heterocycles. The first-order valence-corrected chi connectivity index (χ1v) is 11.7. The Morgan fingerprint density at radius 3 is 1.59 bits per heavy atom. The van der Waals surface area contributed by atoms with Gasteiger partial charge in [-0.1, -0.05) is 97.3 Å². The van der Waals surface area contributed by atoms with Crippen molar-refractivity contribution in [3.63, 3.8) is 0 Å². The monoisotopic (exact) mass is 388 g/mol. The molecule has 0 bridgehead atoms. The van der Waals surface area contributed by atoms with Crippen LogP contribution in [0.4, 0.5) is 0 Å². The maximum Gasteiger partial charge on any atom is 0.103 e. The second kappa shape index (κ2) is 20.6. The fourth-order valence-corrected chi connectivity index (χ4v) is 3.42. The largest absolute Gasteiger partial charge is 0.394 e. The lowest BCUT2D eigenvalue weighted by Crippen LogP contribution is -2.33. The summed E-state index contributed by atoms with van der Waals surface area (Å²) in [6.07, 6.45) is 17.4. The third kappa shape index (κ3) is 17.7. The average Bonchev–Trinajstić information content (AvgIpc) is 2.67. The molecular formula is C23H48O4. The predicted octanol–water partition coefficient (Wildman–Crippen LogP) is 5.37. The van der Waals surface area contributed by atoms with Gasteiger partial charge in [-0.25, -0.2) is 0 Å². The highest BCUT2D eigenvalue weighted by Gasteiger charge is 2.21. The normalized spacial score (nSPS) is 15.0. The highest BCUT2D eigenvalue weighted by molar-refractivity contribution is 4.72. The lowest BCUT2D eigenvalue weighted by molar-refractivity contribution is -0.0537. The van der Waals surface area contributed by atoms with Crippen molar-refractivity contribution in [3.8, 4) is 0 Å². The molecule has 0 aromatic rings. The lowest BCUT2D eigenvalue weighted by Gasteiger charge is -2.23. The first-order valence-electron chi connectivity index (χ1n) is 11.7. The number of hydrogen-bond donors (Lipinski definition) is 3. The Hall–Kier alpha value is -0.160. The maximum absolute atomic E-state index is 9.95. The van der Waals surface area contributed by atoms with Crippen molar-refractivity contribution in [1.82, 2.24) is 0 Å². The molecule has 0 aromatic carbocycles. The molecule has 27 heavy (non-hydrogen) atoms. The van der Waals surface area contributed by atoms with Gasteiger partial charge >= 0.3 is 0 Å². The van der Waals surface area contributed by atoms with Gasteiger partial charge in [0, 0.05) is 13.0 Å². The van der Waals surface area contributed by atoms with E-state index < -0.39 is 18.8 Å². The number of ether oxygens (including phenoxy) is 1. The van der Waals surface area contributed by atoms with Crippen LogP contribution in [0.5, 0.6) is 0 Å². The molecule has 0 saturated heterocycles. The molecule has 0 aromatic heterocycles. The van der Waals surface area contributed by atoms with E-state index in [1.165, 1.54) is 70.6 Å². The van der Waals surface area contributed by atoms with Crippen molar-refractivity contribution in [1.29, 1.82) is 0 Å². The Morgan fingerprint density at radius 1 is 0.630 bits per heavy atom. The minimum atomic E-state index is -1.07. The van der Waals surface area contributed by atoms with E-state index in [9.17, 15) is 10.2 Å². The summed E-state index contributed by atoms with van der Waals surface area (Å²) < 4.78 is 5.90. The van der Waals surface area contributed by atoms with Crippen molar-refractivity contribution in [2.75, 3.05) is 13.2 Å². The Balaban J connectivity index is 3.70. The molecule has 0 saturated carbocycles. The minimum Gasteiger partial charge on any atom is -0.394 e. The molecule has 4 nitrogen and oxygen atoms in total. The number of unbranched alkanes of at least 4 members (excludes halogenated alkanes) is 12. The van der Waals surface area contributed by atoms with Gasteiger partial charge in [-0.15, -0.1) is 0 Å². The van der Waals surface area contributed by atoms with Crippen LogP contribution in [0.1, 0.15) is 117 Å². The Kier molecular flexibility index (Phi) is 20.4. The first kappa shape index (κ1) is 26.8. The maximum atomic E-state index is 9.95. The van der Waals surface area contributed by atoms with E-state index in [1.54, 1.807) is 0 Å². The van der Waals surface area contributed by atoms with Crippen LogP contribution in [0.3, 0.4) is 0 Å². The fraction of sp³-hybridized carbons (Fsp3) is 1.00. The zero-order valence-corrected chi connectivity index (χ0v) is 18.2. The van der Waals surface area contributed by atoms with Crippen LogP contribution in [0.2, 0.25) is 0 Å². The van der Waals surface area contributed by atoms with Crippen molar-refractivity contribution in [2.24, 2.45) is 0 Å². The van der Waals surface area contributed by atoms with Gasteiger partial charge in [0.1, 0.15) is 6.10 Å². The van der Waals surface area contributed by atoms with Crippen LogP contribution in [0.25, 0.3) is 0 Å². The minimum absolute atomic E-state index is 0.0177. The van der Waals surface area contributed by atoms with E-state index in [1.807, 2.05) is 0 Å². The standard InChI is InChI=1S/C23H48O4/c1-3-5-7-8-9-10-11-12-13-14-15-16-17-21(27-18-6-4-2)19-22(25)23(26)20-24/h21-26H,3-20H2,1-2H3. The van der Waals surface area contributed by atoms with Crippen molar-refractivity contribution in [2.45, 2.75) is 135 Å². The zero-order chi connectivity index (χ0) is 20.2. The van der Waals surface area contributed by atoms with Crippen molar-refractivity contribution >= 4 is 0 Å². The molecule has 0 aliphatic rings. The third-order valence-corrected chi connectivity index (χ3v) is 5.37. The molecule has 4 heteroatoms. The molecule has 3 N–H and O–H groups in total. The van der Waals surface area contributed by atoms with Gasteiger partial charge in [0.15, 0.2) is 0 Å². The molecule has 0 aliphatic heterocycles. The molecule has 0 rings (SSSR count). The van der Waals surface area contributed by atoms with Crippen LogP contribution < -0.4 is 0 Å². The van der Waals surface area contributed by atoms with Crippen LogP contribution in [-0.2, 0) is 4.74 Å². The molecule has 0 amide bonds. The van der Waals surface area contributed by atoms with Gasteiger partial charge < -0.3 is 20.1 Å². The Bertz CT molecular complexity index is 286. The molecule has 164 valence electrons. The third-order valence-electron chi connectivity index (χ3n) is 5.37. The number of rotatable bonds is 21. The Morgan fingerprint density at radius 2 is 1.11 bits per heavy atom. The molecule has 3 atom stereocenters. The SMILES string of the molecule is CCCCCCCCCCCCCCC(CC(O)C(O)CO)OCCCC. The summed E-state index contributed by atoms with van der Waals surface area (Å²) in [5.41, 5.74) is 0. The Labute approximate surface area is 168 Å². The van der Waals surface area contributed by atoms with E-state index in [-0.39, 0.29) is 6.10 Å². The van der Waals surface area contributed by atoms with Gasteiger partial charge in [0.2, 0.25) is 0 Å². The summed E-state index contributed by atoms with van der Waals surface area (Å²) in [6, 6.07) is 0. The second-order valence-corrected chi connectivity index (χ2v) is 8.08. The summed E-state index contributed by atoms with van der Waals surface area (Å²) in [5, 5.41) is 28.5. The number of aliphatic hydroxyl groups excluding tert-OH is 3. The van der Waals surface area contributed by atoms with E-state index in [0.717, 1.165) is 25.7 Å². The van der Waals surface area contributed by atoms with Crippen LogP contribution in [0, 0.1) is 0 Å². The van der Waals surface area contributed by atoms with Crippen LogP contribution >= 0.6 is 0 Å². The predicted molar refractivity (Wildman–Crippen MR) is 114 cm³/mol. The highest BCUT2D eigenvalue weighted by atomic mass is 16.5. The van der Waals surface area contributed by atoms with Gasteiger partial charge in [-0.05, 0) is 12.8 Å². The highest BCUT2D eigenvalue weighted by Crippen LogP contribution is 2.17. The molecule has 3 unspecified atom stereocenters. The summed E-state index contributed by atoms with van der Waals surface area (Å²) >= 11 is 0. The second-order valence-electron chi connectivity index (χ2n) is 8.08. The molecule has 0 radical (unpaired) electrons. The summed E-state index contributed by atoms with van der Waals surface area (Å²) in [7, 11) is 0. The van der Waals surface area contributed by atoms with E-state index in [4.69, 9.17) is 9.84 Å². The quantitative estimate of drug-likeness (QED) is 0.231. The fourth-order valence-electron chi connectivity index (χ4n) is 3.42. The molecule has 0 fully saturated rings. The summed E-state index contributed by atoms with van der Waals surface area (Å²) in [6.45, 7) is 4.71. The topological polar surface area (TPSA) is 69.9 Å². The van der Waals surface area contributed by atoms with E-state index >= 15 is 0 Å². The molecule has 0 spiro atoms. The van der Waals surface area contributed by atoms with Crippen molar-refractivity contribution in [3.05, 3.63) is 0 Å². The average molecular weight is 389 g/mol. The van der Waals surface area contributed by atoms with E-state index in [0.29, 0.717) is 13.0 Å². The van der Waals surface area contributed by atoms with Gasteiger partial charge in [0.05, 0.1) is 18.8 Å². The van der Waals surface area contributed by atoms with Gasteiger partial charge in [0.25, 0.3) is 0 Å². The van der Waals surface area contributed by atoms with Crippen LogP contribution in [0.15, 0.2) is 0 Å². The summed E-state index contributed by atoms with van der Waals surface area (Å²) in [4.78, 5) is 0. The number of hydrogen-bond acceptors (Lipinski definition) is 4. The van der Waals surface area contributed by atoms with E-state index in [2.05, 4.69) is 13.8 Å². The lowest BCUT2D eigenvalue weighted by atomic mass is 10.0.